The molecule has 1 aromatic carbocycles. The Bertz CT molecular complexity index is 1010. The zero-order valence-electron chi connectivity index (χ0n) is 19.8. The van der Waals surface area contributed by atoms with Crippen molar-refractivity contribution >= 4 is 23.0 Å². The molecule has 9 nitrogen and oxygen atoms in total. The first-order chi connectivity index (χ1) is 16.2. The third kappa shape index (κ3) is 6.62. The molecule has 1 aromatic heterocycles. The predicted molar refractivity (Wildman–Crippen MR) is 127 cm³/mol. The molecule has 2 heterocycles. The largest absolute Gasteiger partial charge is 0.475 e. The fourth-order valence-electron chi connectivity index (χ4n) is 3.68. The molecule has 0 spiro atoms. The second kappa shape index (κ2) is 11.5. The number of benzene rings is 1. The minimum Gasteiger partial charge on any atom is -0.475 e. The van der Waals surface area contributed by atoms with Crippen LogP contribution in [0.2, 0.25) is 0 Å². The lowest BCUT2D eigenvalue weighted by Crippen LogP contribution is -2.50. The lowest BCUT2D eigenvalue weighted by atomic mass is 9.95. The number of aromatic nitrogens is 1. The Morgan fingerprint density at radius 3 is 2.85 bits per heavy atom. The average Bonchev–Trinajstić information content (AvgIpc) is 3.34. The molecular formula is C24H30N2O7S. The van der Waals surface area contributed by atoms with Crippen LogP contribution in [0.5, 0.6) is 5.75 Å². The molecule has 0 amide bonds. The highest BCUT2D eigenvalue weighted by Gasteiger charge is 2.43. The summed E-state index contributed by atoms with van der Waals surface area (Å²) in [5.41, 5.74) is 1.43. The Labute approximate surface area is 202 Å². The van der Waals surface area contributed by atoms with Crippen molar-refractivity contribution < 1.29 is 28.7 Å². The van der Waals surface area contributed by atoms with Gasteiger partial charge < -0.3 is 18.9 Å². The molecule has 0 radical (unpaired) electrons. The van der Waals surface area contributed by atoms with E-state index in [1.165, 1.54) is 24.5 Å². The molecule has 0 bridgehead atoms. The predicted octanol–water partition coefficient (Wildman–Crippen LogP) is 5.15. The summed E-state index contributed by atoms with van der Waals surface area (Å²) in [5, 5.41) is 11.5. The Morgan fingerprint density at radius 1 is 1.38 bits per heavy atom. The maximum atomic E-state index is 11.5. The lowest BCUT2D eigenvalue weighted by Gasteiger charge is -2.42. The number of hydrogen-bond acceptors (Lipinski definition) is 9. The van der Waals surface area contributed by atoms with E-state index in [-0.39, 0.29) is 29.4 Å². The van der Waals surface area contributed by atoms with Crippen molar-refractivity contribution in [3.8, 4) is 5.75 Å². The van der Waals surface area contributed by atoms with Crippen molar-refractivity contribution in [3.63, 3.8) is 0 Å². The molecule has 1 saturated heterocycles. The van der Waals surface area contributed by atoms with Gasteiger partial charge in [0.1, 0.15) is 6.10 Å². The standard InChI is InChI=1S/C24H30N2O7S/c1-16-10-11-19(18(12-16)26(28)29)33-24(2,3)23-31-14-17(8-6-5-7-9-21(27)30-4)22(32-23)20-13-25-15-34-20/h5-6,10-13,15,17,22-23H,7-9,14H2,1-4H3/b6-5-/t17-,22-,23-/m0/s1. The molecule has 184 valence electrons. The highest BCUT2D eigenvalue weighted by atomic mass is 32.1. The van der Waals surface area contributed by atoms with Crippen LogP contribution in [-0.4, -0.2) is 41.5 Å². The summed E-state index contributed by atoms with van der Waals surface area (Å²) in [5.74, 6) is -0.0382. The molecule has 10 heteroatoms. The van der Waals surface area contributed by atoms with Gasteiger partial charge >= 0.3 is 11.7 Å². The van der Waals surface area contributed by atoms with Crippen molar-refractivity contribution in [3.05, 3.63) is 62.6 Å². The molecule has 1 aliphatic rings. The van der Waals surface area contributed by atoms with Gasteiger partial charge in [-0.25, -0.2) is 0 Å². The number of allylic oxidation sites excluding steroid dienone is 2. The molecule has 3 rings (SSSR count). The quantitative estimate of drug-likeness (QED) is 0.195. The third-order valence-corrected chi connectivity index (χ3v) is 6.33. The number of hydrogen-bond donors (Lipinski definition) is 0. The second-order valence-corrected chi connectivity index (χ2v) is 9.56. The first-order valence-electron chi connectivity index (χ1n) is 11.0. The number of carbonyl (C=O) groups is 1. The highest BCUT2D eigenvalue weighted by molar-refractivity contribution is 7.09. The monoisotopic (exact) mass is 490 g/mol. The molecule has 0 saturated carbocycles. The summed E-state index contributed by atoms with van der Waals surface area (Å²) in [6, 6.07) is 4.85. The van der Waals surface area contributed by atoms with Gasteiger partial charge in [-0.15, -0.1) is 11.3 Å². The van der Waals surface area contributed by atoms with Crippen molar-refractivity contribution in [2.24, 2.45) is 5.92 Å². The lowest BCUT2D eigenvalue weighted by molar-refractivity contribution is -0.386. The van der Waals surface area contributed by atoms with Crippen LogP contribution in [-0.2, 0) is 19.0 Å². The van der Waals surface area contributed by atoms with Crippen LogP contribution in [0.3, 0.4) is 0 Å². The molecule has 1 aliphatic heterocycles. The summed E-state index contributed by atoms with van der Waals surface area (Å²) < 4.78 is 23.1. The molecule has 2 aromatic rings. The number of carbonyl (C=O) groups excluding carboxylic acids is 1. The van der Waals surface area contributed by atoms with E-state index in [4.69, 9.17) is 14.2 Å². The number of nitrogens with zero attached hydrogens (tertiary/aromatic N) is 2. The number of rotatable bonds is 10. The first kappa shape index (κ1) is 25.8. The van der Waals surface area contributed by atoms with Crippen LogP contribution in [0.25, 0.3) is 0 Å². The first-order valence-corrected chi connectivity index (χ1v) is 11.9. The number of nitro benzene ring substituents is 1. The average molecular weight is 491 g/mol. The summed E-state index contributed by atoms with van der Waals surface area (Å²) in [7, 11) is 1.38. The van der Waals surface area contributed by atoms with E-state index in [9.17, 15) is 14.9 Å². The smallest absolute Gasteiger partial charge is 0.311 e. The number of ether oxygens (including phenoxy) is 4. The third-order valence-electron chi connectivity index (χ3n) is 5.49. The van der Waals surface area contributed by atoms with Gasteiger partial charge in [0.2, 0.25) is 0 Å². The van der Waals surface area contributed by atoms with Crippen LogP contribution >= 0.6 is 11.3 Å². The van der Waals surface area contributed by atoms with Gasteiger partial charge in [0.05, 0.1) is 29.0 Å². The number of esters is 1. The van der Waals surface area contributed by atoms with Gasteiger partial charge in [-0.2, -0.15) is 0 Å². The van der Waals surface area contributed by atoms with E-state index >= 15 is 0 Å². The normalized spacial score (nSPS) is 20.9. The van der Waals surface area contributed by atoms with Gasteiger partial charge in [-0.1, -0.05) is 18.2 Å². The zero-order valence-corrected chi connectivity index (χ0v) is 20.6. The van der Waals surface area contributed by atoms with Crippen molar-refractivity contribution in [1.29, 1.82) is 0 Å². The number of methoxy groups -OCH3 is 1. The van der Waals surface area contributed by atoms with Crippen molar-refractivity contribution in [2.75, 3.05) is 13.7 Å². The van der Waals surface area contributed by atoms with Gasteiger partial charge in [0.25, 0.3) is 0 Å². The number of thiazole rings is 1. The van der Waals surface area contributed by atoms with E-state index in [1.807, 2.05) is 12.2 Å². The molecule has 3 atom stereocenters. The van der Waals surface area contributed by atoms with E-state index in [1.54, 1.807) is 44.6 Å². The van der Waals surface area contributed by atoms with Gasteiger partial charge in [-0.3, -0.25) is 19.9 Å². The Balaban J connectivity index is 1.71. The van der Waals surface area contributed by atoms with Crippen LogP contribution in [0.1, 0.15) is 49.7 Å². The minimum absolute atomic E-state index is 0.0376. The number of nitro groups is 1. The number of aryl methyl sites for hydroxylation is 1. The van der Waals surface area contributed by atoms with E-state index in [2.05, 4.69) is 9.72 Å². The van der Waals surface area contributed by atoms with Crippen molar-refractivity contribution in [1.82, 2.24) is 4.98 Å². The van der Waals surface area contributed by atoms with Gasteiger partial charge in [0, 0.05) is 24.6 Å². The summed E-state index contributed by atoms with van der Waals surface area (Å²) in [4.78, 5) is 27.5. The van der Waals surface area contributed by atoms with Gasteiger partial charge in [-0.05, 0) is 45.2 Å². The Morgan fingerprint density at radius 2 is 2.18 bits per heavy atom. The second-order valence-electron chi connectivity index (χ2n) is 8.64. The van der Waals surface area contributed by atoms with E-state index < -0.39 is 16.8 Å². The van der Waals surface area contributed by atoms with Crippen LogP contribution in [0, 0.1) is 23.0 Å². The van der Waals surface area contributed by atoms with Crippen LogP contribution in [0.4, 0.5) is 5.69 Å². The molecule has 0 aliphatic carbocycles. The van der Waals surface area contributed by atoms with E-state index in [0.29, 0.717) is 25.9 Å². The maximum absolute atomic E-state index is 11.5. The molecule has 0 N–H and O–H groups in total. The summed E-state index contributed by atoms with van der Waals surface area (Å²) in [6.45, 7) is 5.78. The highest BCUT2D eigenvalue weighted by Crippen LogP contribution is 2.41. The Hall–Kier alpha value is -2.82. The van der Waals surface area contributed by atoms with Crippen LogP contribution < -0.4 is 4.74 Å². The molecule has 1 fully saturated rings. The fourth-order valence-corrected chi connectivity index (χ4v) is 4.43. The molecule has 0 unspecified atom stereocenters. The summed E-state index contributed by atoms with van der Waals surface area (Å²) >= 11 is 1.50. The van der Waals surface area contributed by atoms with Crippen LogP contribution in [0.15, 0.2) is 42.1 Å². The molecule has 34 heavy (non-hydrogen) atoms. The fraction of sp³-hybridized carbons (Fsp3) is 0.500. The van der Waals surface area contributed by atoms with Crippen molar-refractivity contribution in [2.45, 2.75) is 58.0 Å². The SMILES string of the molecule is COC(=O)CC/C=C\C[C@H]1CO[C@H](C(C)(C)Oc2ccc(C)cc2[N+](=O)[O-])O[C@@H]1c1cncs1. The maximum Gasteiger partial charge on any atom is 0.311 e. The Kier molecular flexibility index (Phi) is 8.76. The molecular weight excluding hydrogens is 460 g/mol. The van der Waals surface area contributed by atoms with E-state index in [0.717, 1.165) is 10.4 Å². The summed E-state index contributed by atoms with van der Waals surface area (Å²) in [6.07, 6.45) is 6.37. The van der Waals surface area contributed by atoms with Gasteiger partial charge in [0.15, 0.2) is 17.6 Å². The minimum atomic E-state index is -0.996. The zero-order chi connectivity index (χ0) is 24.7. The topological polar surface area (TPSA) is 110 Å².